The van der Waals surface area contributed by atoms with E-state index in [1.165, 1.54) is 40.0 Å². The number of Topliss-reactive ketones (excluding diaryl/α,β-unsaturated/α-hetero) is 1. The van der Waals surface area contributed by atoms with Crippen LogP contribution in [0.15, 0.2) is 35.4 Å². The lowest BCUT2D eigenvalue weighted by atomic mass is 9.84. The summed E-state index contributed by atoms with van der Waals surface area (Å²) >= 11 is 1.59. The fourth-order valence-electron chi connectivity index (χ4n) is 7.39. The molecule has 2 unspecified atom stereocenters. The number of thioether (sulfide) groups is 1. The molecule has 15 nitrogen and oxygen atoms in total. The molecule has 17 heteroatoms. The van der Waals surface area contributed by atoms with Gasteiger partial charge in [-0.05, 0) is 74.8 Å². The number of rotatable bonds is 12. The van der Waals surface area contributed by atoms with E-state index in [1.807, 2.05) is 0 Å². The Morgan fingerprint density at radius 2 is 1.73 bits per heavy atom. The molecule has 2 aromatic rings. The average molecular weight is 746 g/mol. The van der Waals surface area contributed by atoms with Crippen LogP contribution in [0, 0.1) is 5.92 Å². The van der Waals surface area contributed by atoms with Crippen molar-refractivity contribution < 1.29 is 37.5 Å². The van der Waals surface area contributed by atoms with Gasteiger partial charge in [-0.1, -0.05) is 37.3 Å². The molecule has 5 N–H and O–H groups in total. The number of carbonyl (C=O) groups is 5. The molecule has 0 bridgehead atoms. The topological polar surface area (TPSA) is 224 Å². The Balaban J connectivity index is 1.48. The lowest BCUT2D eigenvalue weighted by Crippen LogP contribution is -2.63. The summed E-state index contributed by atoms with van der Waals surface area (Å²) < 4.78 is 25.5. The van der Waals surface area contributed by atoms with Crippen LogP contribution in [-0.2, 0) is 34.6 Å². The summed E-state index contributed by atoms with van der Waals surface area (Å²) in [7, 11) is -3.49. The summed E-state index contributed by atoms with van der Waals surface area (Å²) in [6.45, 7) is 3.13. The Hall–Kier alpha value is -3.83. The van der Waals surface area contributed by atoms with Gasteiger partial charge in [-0.25, -0.2) is 13.1 Å². The number of likely N-dealkylation sites (tertiary alicyclic amines) is 1. The van der Waals surface area contributed by atoms with Gasteiger partial charge in [0.1, 0.15) is 23.2 Å². The van der Waals surface area contributed by atoms with E-state index in [1.54, 1.807) is 25.6 Å². The zero-order chi connectivity index (χ0) is 37.1. The zero-order valence-electron chi connectivity index (χ0n) is 29.2. The molecule has 4 amide bonds. The van der Waals surface area contributed by atoms with Gasteiger partial charge in [0.15, 0.2) is 9.84 Å². The standard InChI is InChI=1S/C34H47N7O8S2/c1-33(2,47)27-19-36-39-41(27)23-18-26(31(45)38-34(28(42)29(35)43)13-15-50-16-14-34)40(20-23)32(46)25(17-21-7-5-4-6-8-21)37-30(44)22-9-11-24(12-10-22)51(3,48)49/h9-12,19,21,23,25-26,47H,4-8,13-18,20H2,1-3H3,(H2,35,43)(H,37,44)(H,38,45)/t23?,25-,26?/m1/s1. The fourth-order valence-corrected chi connectivity index (χ4v) is 9.21. The molecule has 3 fully saturated rings. The molecular formula is C34H47N7O8S2. The molecule has 2 saturated heterocycles. The Morgan fingerprint density at radius 1 is 1.08 bits per heavy atom. The van der Waals surface area contributed by atoms with Gasteiger partial charge in [0, 0.05) is 24.8 Å². The number of aromatic nitrogens is 3. The molecule has 1 aliphatic carbocycles. The average Bonchev–Trinajstić information content (AvgIpc) is 3.76. The Labute approximate surface area is 301 Å². The maximum Gasteiger partial charge on any atom is 0.287 e. The van der Waals surface area contributed by atoms with Crippen molar-refractivity contribution >= 4 is 51.0 Å². The maximum atomic E-state index is 14.7. The Morgan fingerprint density at radius 3 is 2.31 bits per heavy atom. The summed E-state index contributed by atoms with van der Waals surface area (Å²) in [4.78, 5) is 69.3. The number of hydrogen-bond acceptors (Lipinski definition) is 11. The highest BCUT2D eigenvalue weighted by molar-refractivity contribution is 7.99. The summed E-state index contributed by atoms with van der Waals surface area (Å²) in [5.74, 6) is -2.61. The predicted molar refractivity (Wildman–Crippen MR) is 188 cm³/mol. The van der Waals surface area contributed by atoms with Gasteiger partial charge in [-0.15, -0.1) is 5.10 Å². The van der Waals surface area contributed by atoms with Crippen molar-refractivity contribution in [3.63, 3.8) is 0 Å². The first-order valence-corrected chi connectivity index (χ1v) is 20.3. The van der Waals surface area contributed by atoms with Crippen LogP contribution in [0.1, 0.15) is 93.7 Å². The number of ketones is 1. The smallest absolute Gasteiger partial charge is 0.287 e. The molecule has 1 aromatic heterocycles. The molecule has 3 atom stereocenters. The second kappa shape index (κ2) is 15.4. The summed E-state index contributed by atoms with van der Waals surface area (Å²) in [5, 5.41) is 24.7. The molecule has 2 aliphatic heterocycles. The van der Waals surface area contributed by atoms with Crippen molar-refractivity contribution in [2.24, 2.45) is 11.7 Å². The Bertz CT molecular complexity index is 1740. The molecule has 3 aliphatic rings. The maximum absolute atomic E-state index is 14.7. The zero-order valence-corrected chi connectivity index (χ0v) is 30.8. The van der Waals surface area contributed by atoms with E-state index in [0.29, 0.717) is 23.6 Å². The molecule has 1 aromatic carbocycles. The number of benzene rings is 1. The van der Waals surface area contributed by atoms with Crippen LogP contribution >= 0.6 is 11.8 Å². The van der Waals surface area contributed by atoms with Gasteiger partial charge in [-0.2, -0.15) is 11.8 Å². The van der Waals surface area contributed by atoms with Crippen molar-refractivity contribution in [1.29, 1.82) is 0 Å². The summed E-state index contributed by atoms with van der Waals surface area (Å²) in [6.07, 6.45) is 8.05. The quantitative estimate of drug-likeness (QED) is 0.226. The molecule has 5 rings (SSSR count). The number of amides is 4. The molecule has 0 radical (unpaired) electrons. The van der Waals surface area contributed by atoms with E-state index in [-0.39, 0.29) is 42.2 Å². The van der Waals surface area contributed by atoms with Crippen LogP contribution in [-0.4, -0.2) is 105 Å². The lowest BCUT2D eigenvalue weighted by molar-refractivity contribution is -0.145. The number of nitrogens with one attached hydrogen (secondary N) is 2. The van der Waals surface area contributed by atoms with Crippen LogP contribution in [0.25, 0.3) is 0 Å². The number of aliphatic hydroxyl groups is 1. The first-order valence-electron chi connectivity index (χ1n) is 17.3. The van der Waals surface area contributed by atoms with Gasteiger partial charge in [-0.3, -0.25) is 24.0 Å². The molecule has 3 heterocycles. The van der Waals surface area contributed by atoms with Crippen molar-refractivity contribution in [2.45, 2.75) is 106 Å². The molecule has 278 valence electrons. The predicted octanol–water partition coefficient (Wildman–Crippen LogP) is 1.26. The second-order valence-electron chi connectivity index (χ2n) is 14.5. The van der Waals surface area contributed by atoms with Crippen molar-refractivity contribution in [3.05, 3.63) is 41.7 Å². The van der Waals surface area contributed by atoms with Gasteiger partial charge < -0.3 is 26.4 Å². The van der Waals surface area contributed by atoms with Gasteiger partial charge >= 0.3 is 0 Å². The van der Waals surface area contributed by atoms with Gasteiger partial charge in [0.05, 0.1) is 22.8 Å². The summed E-state index contributed by atoms with van der Waals surface area (Å²) in [5.41, 5.74) is 3.10. The highest BCUT2D eigenvalue weighted by Crippen LogP contribution is 2.35. The number of hydrogen-bond donors (Lipinski definition) is 4. The summed E-state index contributed by atoms with van der Waals surface area (Å²) in [6, 6.07) is 2.66. The monoisotopic (exact) mass is 745 g/mol. The largest absolute Gasteiger partial charge is 0.384 e. The minimum atomic E-state index is -3.49. The number of carbonyl (C=O) groups excluding carboxylic acids is 5. The number of nitrogens with two attached hydrogens (primary N) is 1. The lowest BCUT2D eigenvalue weighted by Gasteiger charge is -2.37. The van der Waals surface area contributed by atoms with Crippen LogP contribution < -0.4 is 16.4 Å². The van der Waals surface area contributed by atoms with E-state index in [2.05, 4.69) is 20.9 Å². The molecule has 51 heavy (non-hydrogen) atoms. The van der Waals surface area contributed by atoms with Crippen molar-refractivity contribution in [2.75, 3.05) is 24.3 Å². The molecular weight excluding hydrogens is 699 g/mol. The third-order valence-electron chi connectivity index (χ3n) is 10.2. The first kappa shape index (κ1) is 38.4. The van der Waals surface area contributed by atoms with E-state index >= 15 is 0 Å². The first-order chi connectivity index (χ1) is 24.0. The Kier molecular flexibility index (Phi) is 11.6. The van der Waals surface area contributed by atoms with Crippen LogP contribution in [0.2, 0.25) is 0 Å². The van der Waals surface area contributed by atoms with E-state index in [9.17, 15) is 37.5 Å². The highest BCUT2D eigenvalue weighted by atomic mass is 32.2. The second-order valence-corrected chi connectivity index (χ2v) is 17.7. The molecule has 1 saturated carbocycles. The number of primary amides is 1. The number of sulfone groups is 1. The van der Waals surface area contributed by atoms with E-state index in [4.69, 9.17) is 5.73 Å². The van der Waals surface area contributed by atoms with Gasteiger partial charge in [0.25, 0.3) is 11.8 Å². The SMILES string of the molecule is CC(C)(O)c1cnnn1C1CC(C(=O)NC2(C(=O)C(N)=O)CCSCC2)N(C(=O)[C@@H](CC2CCCCC2)NC(=O)c2ccc(S(C)(=O)=O)cc2)C1. The third-order valence-corrected chi connectivity index (χ3v) is 12.3. The minimum absolute atomic E-state index is 0.0178. The normalized spacial score (nSPS) is 21.8. The fraction of sp³-hybridized carbons (Fsp3) is 0.618. The minimum Gasteiger partial charge on any atom is -0.384 e. The van der Waals surface area contributed by atoms with Gasteiger partial charge in [0.2, 0.25) is 17.6 Å². The van der Waals surface area contributed by atoms with Crippen LogP contribution in [0.5, 0.6) is 0 Å². The highest BCUT2D eigenvalue weighted by Gasteiger charge is 2.49. The van der Waals surface area contributed by atoms with Crippen molar-refractivity contribution in [1.82, 2.24) is 30.5 Å². The van der Waals surface area contributed by atoms with Crippen LogP contribution in [0.4, 0.5) is 0 Å². The van der Waals surface area contributed by atoms with E-state index in [0.717, 1.165) is 38.4 Å². The van der Waals surface area contributed by atoms with Crippen molar-refractivity contribution in [3.8, 4) is 0 Å². The number of nitrogens with zero attached hydrogens (tertiary/aromatic N) is 4. The molecule has 0 spiro atoms. The van der Waals surface area contributed by atoms with Crippen LogP contribution in [0.3, 0.4) is 0 Å². The third kappa shape index (κ3) is 8.80. The van der Waals surface area contributed by atoms with E-state index < -0.39 is 68.5 Å².